The summed E-state index contributed by atoms with van der Waals surface area (Å²) in [6, 6.07) is 0. The largest absolute Gasteiger partial charge is 0.285 e. The Bertz CT molecular complexity index is 242. The van der Waals surface area contributed by atoms with Crippen molar-refractivity contribution in [3.05, 3.63) is 0 Å². The minimum absolute atomic E-state index is 0.0250. The smallest absolute Gasteiger partial charge is 0.242 e. The van der Waals surface area contributed by atoms with E-state index in [0.717, 1.165) is 12.8 Å². The van der Waals surface area contributed by atoms with Gasteiger partial charge in [0.15, 0.2) is 0 Å². The maximum Gasteiger partial charge on any atom is 0.242 e. The first-order valence-electron chi connectivity index (χ1n) is 5.02. The average Bonchev–Trinajstić information content (AvgIpc) is 2.34. The van der Waals surface area contributed by atoms with E-state index in [1.165, 1.54) is 4.90 Å². The van der Waals surface area contributed by atoms with Gasteiger partial charge < -0.3 is 0 Å². The quantitative estimate of drug-likeness (QED) is 0.669. The molecule has 80 valence electrons. The van der Waals surface area contributed by atoms with Crippen molar-refractivity contribution in [1.82, 2.24) is 4.90 Å². The first-order valence-corrected chi connectivity index (χ1v) is 5.96. The van der Waals surface area contributed by atoms with Gasteiger partial charge in [-0.1, -0.05) is 20.3 Å². The molecule has 1 aliphatic heterocycles. The number of likely N-dealkylation sites (tertiary alicyclic amines) is 1. The Hall–Kier alpha value is -0.510. The number of rotatable bonds is 4. The molecule has 1 fully saturated rings. The molecule has 0 saturated carbocycles. The van der Waals surface area contributed by atoms with Crippen molar-refractivity contribution >= 4 is 23.6 Å². The Morgan fingerprint density at radius 1 is 1.57 bits per heavy atom. The molecule has 0 aromatic carbocycles. The Balaban J connectivity index is 2.47. The standard InChI is InChI=1S/C10H17NO2S/c1-4-5-7(2)14-8-6-9(12)11(3)10(8)13/h7-8H,4-6H2,1-3H3. The van der Waals surface area contributed by atoms with Crippen LogP contribution in [-0.2, 0) is 9.59 Å². The highest BCUT2D eigenvalue weighted by Gasteiger charge is 2.36. The van der Waals surface area contributed by atoms with Crippen molar-refractivity contribution in [2.45, 2.75) is 43.6 Å². The molecule has 0 N–H and O–H groups in total. The molecule has 1 saturated heterocycles. The fourth-order valence-corrected chi connectivity index (χ4v) is 3.03. The number of thioether (sulfide) groups is 1. The molecule has 4 heteroatoms. The summed E-state index contributed by atoms with van der Waals surface area (Å²) in [5.41, 5.74) is 0. The molecule has 0 aliphatic carbocycles. The summed E-state index contributed by atoms with van der Waals surface area (Å²) in [5, 5.41) is 0.335. The zero-order valence-corrected chi connectivity index (χ0v) is 9.76. The Kier molecular flexibility index (Phi) is 3.98. The van der Waals surface area contributed by atoms with Crippen molar-refractivity contribution in [1.29, 1.82) is 0 Å². The molecule has 0 radical (unpaired) electrons. The van der Waals surface area contributed by atoms with Crippen LogP contribution in [0.3, 0.4) is 0 Å². The van der Waals surface area contributed by atoms with Crippen LogP contribution in [0.25, 0.3) is 0 Å². The van der Waals surface area contributed by atoms with Gasteiger partial charge in [0.05, 0.1) is 5.25 Å². The molecule has 0 aromatic rings. The van der Waals surface area contributed by atoms with Gasteiger partial charge >= 0.3 is 0 Å². The van der Waals surface area contributed by atoms with E-state index in [9.17, 15) is 9.59 Å². The summed E-state index contributed by atoms with van der Waals surface area (Å²) < 4.78 is 0. The third-order valence-corrected chi connectivity index (χ3v) is 3.83. The molecule has 0 spiro atoms. The lowest BCUT2D eigenvalue weighted by molar-refractivity contribution is -0.136. The monoisotopic (exact) mass is 215 g/mol. The highest BCUT2D eigenvalue weighted by Crippen LogP contribution is 2.29. The van der Waals surface area contributed by atoms with E-state index in [1.807, 2.05) is 0 Å². The normalized spacial score (nSPS) is 24.5. The van der Waals surface area contributed by atoms with Gasteiger partial charge in [0, 0.05) is 18.7 Å². The maximum absolute atomic E-state index is 11.5. The van der Waals surface area contributed by atoms with Crippen LogP contribution in [0, 0.1) is 0 Å². The molecule has 2 amide bonds. The van der Waals surface area contributed by atoms with Gasteiger partial charge in [0.1, 0.15) is 0 Å². The molecule has 14 heavy (non-hydrogen) atoms. The second-order valence-electron chi connectivity index (χ2n) is 3.72. The van der Waals surface area contributed by atoms with Crippen LogP contribution < -0.4 is 0 Å². The molecule has 1 rings (SSSR count). The van der Waals surface area contributed by atoms with Gasteiger partial charge in [0.25, 0.3) is 0 Å². The van der Waals surface area contributed by atoms with E-state index in [0.29, 0.717) is 11.7 Å². The number of nitrogens with zero attached hydrogens (tertiary/aromatic N) is 1. The Morgan fingerprint density at radius 2 is 2.21 bits per heavy atom. The number of amides is 2. The lowest BCUT2D eigenvalue weighted by Gasteiger charge is -2.13. The zero-order valence-electron chi connectivity index (χ0n) is 8.95. The maximum atomic E-state index is 11.5. The third-order valence-electron chi connectivity index (χ3n) is 2.43. The van der Waals surface area contributed by atoms with E-state index in [1.54, 1.807) is 18.8 Å². The van der Waals surface area contributed by atoms with Crippen molar-refractivity contribution in [2.75, 3.05) is 7.05 Å². The van der Waals surface area contributed by atoms with Crippen LogP contribution in [0.1, 0.15) is 33.1 Å². The van der Waals surface area contributed by atoms with Crippen LogP contribution in [-0.4, -0.2) is 34.3 Å². The second kappa shape index (κ2) is 4.82. The number of hydrogen-bond donors (Lipinski definition) is 0. The van der Waals surface area contributed by atoms with Crippen molar-refractivity contribution in [3.8, 4) is 0 Å². The first-order chi connectivity index (χ1) is 6.56. The van der Waals surface area contributed by atoms with E-state index in [2.05, 4.69) is 13.8 Å². The summed E-state index contributed by atoms with van der Waals surface area (Å²) in [6.07, 6.45) is 2.61. The van der Waals surface area contributed by atoms with Gasteiger partial charge in [-0.25, -0.2) is 0 Å². The Morgan fingerprint density at radius 3 is 2.64 bits per heavy atom. The summed E-state index contributed by atoms with van der Waals surface area (Å²) >= 11 is 1.64. The Labute approximate surface area is 89.2 Å². The lowest BCUT2D eigenvalue weighted by atomic mass is 10.3. The summed E-state index contributed by atoms with van der Waals surface area (Å²) in [5.74, 6) is -0.0702. The molecular formula is C10H17NO2S. The molecule has 2 atom stereocenters. The molecular weight excluding hydrogens is 198 g/mol. The fraction of sp³-hybridized carbons (Fsp3) is 0.800. The SMILES string of the molecule is CCCC(C)SC1CC(=O)N(C)C1=O. The average molecular weight is 215 g/mol. The van der Waals surface area contributed by atoms with Gasteiger partial charge in [-0.15, -0.1) is 11.8 Å². The van der Waals surface area contributed by atoms with Gasteiger partial charge in [-0.2, -0.15) is 0 Å². The van der Waals surface area contributed by atoms with E-state index < -0.39 is 0 Å². The molecule has 1 heterocycles. The third kappa shape index (κ3) is 2.50. The second-order valence-corrected chi connectivity index (χ2v) is 5.37. The lowest BCUT2D eigenvalue weighted by Crippen LogP contribution is -2.27. The number of carbonyl (C=O) groups is 2. The minimum atomic E-state index is -0.131. The first kappa shape index (κ1) is 11.6. The van der Waals surface area contributed by atoms with Crippen LogP contribution in [0.15, 0.2) is 0 Å². The van der Waals surface area contributed by atoms with Crippen LogP contribution in [0.2, 0.25) is 0 Å². The minimum Gasteiger partial charge on any atom is -0.285 e. The summed E-state index contributed by atoms with van der Waals surface area (Å²) in [4.78, 5) is 24.0. The number of carbonyl (C=O) groups excluding carboxylic acids is 2. The van der Waals surface area contributed by atoms with Gasteiger partial charge in [-0.3, -0.25) is 14.5 Å². The van der Waals surface area contributed by atoms with Crippen molar-refractivity contribution in [3.63, 3.8) is 0 Å². The van der Waals surface area contributed by atoms with Crippen LogP contribution in [0.5, 0.6) is 0 Å². The van der Waals surface area contributed by atoms with E-state index >= 15 is 0 Å². The van der Waals surface area contributed by atoms with Gasteiger partial charge in [0.2, 0.25) is 11.8 Å². The van der Waals surface area contributed by atoms with E-state index in [4.69, 9.17) is 0 Å². The van der Waals surface area contributed by atoms with Crippen LogP contribution >= 0.6 is 11.8 Å². The summed E-state index contributed by atoms with van der Waals surface area (Å²) in [7, 11) is 1.57. The molecule has 1 aliphatic rings. The number of imide groups is 1. The predicted octanol–water partition coefficient (Wildman–Crippen LogP) is 1.67. The molecule has 2 unspecified atom stereocenters. The van der Waals surface area contributed by atoms with E-state index in [-0.39, 0.29) is 17.1 Å². The summed E-state index contributed by atoms with van der Waals surface area (Å²) in [6.45, 7) is 4.25. The molecule has 0 bridgehead atoms. The van der Waals surface area contributed by atoms with Gasteiger partial charge in [-0.05, 0) is 6.42 Å². The fourth-order valence-electron chi connectivity index (χ4n) is 1.58. The van der Waals surface area contributed by atoms with Crippen molar-refractivity contribution < 1.29 is 9.59 Å². The topological polar surface area (TPSA) is 37.4 Å². The number of hydrogen-bond acceptors (Lipinski definition) is 3. The van der Waals surface area contributed by atoms with Crippen LogP contribution in [0.4, 0.5) is 0 Å². The van der Waals surface area contributed by atoms with Crippen molar-refractivity contribution in [2.24, 2.45) is 0 Å². The molecule has 3 nitrogen and oxygen atoms in total. The highest BCUT2D eigenvalue weighted by atomic mass is 32.2. The zero-order chi connectivity index (χ0) is 10.7. The predicted molar refractivity (Wildman–Crippen MR) is 58.1 cm³/mol. The molecule has 0 aromatic heterocycles. The highest BCUT2D eigenvalue weighted by molar-refractivity contribution is 8.01.